The van der Waals surface area contributed by atoms with Gasteiger partial charge in [0.2, 0.25) is 0 Å². The molecule has 1 amide bonds. The van der Waals surface area contributed by atoms with Gasteiger partial charge in [-0.15, -0.1) is 0 Å². The summed E-state index contributed by atoms with van der Waals surface area (Å²) in [5.74, 6) is 0.884. The fraction of sp³-hybridized carbons (Fsp3) is 0.524. The Bertz CT molecular complexity index is 961. The van der Waals surface area contributed by atoms with Crippen LogP contribution in [0.1, 0.15) is 50.5 Å². The van der Waals surface area contributed by atoms with Crippen LogP contribution >= 0.6 is 0 Å². The number of fused-ring (bicyclic) bond motifs is 5. The molecule has 1 atom stereocenters. The van der Waals surface area contributed by atoms with Gasteiger partial charge in [-0.25, -0.2) is 8.42 Å². The average Bonchev–Trinajstić information content (AvgIpc) is 2.98. The molecule has 1 saturated carbocycles. The Labute approximate surface area is 171 Å². The van der Waals surface area contributed by atoms with E-state index in [-0.39, 0.29) is 24.7 Å². The van der Waals surface area contributed by atoms with Crippen LogP contribution in [0.3, 0.4) is 0 Å². The van der Waals surface area contributed by atoms with Crippen molar-refractivity contribution in [2.75, 3.05) is 12.9 Å². The van der Waals surface area contributed by atoms with Gasteiger partial charge in [0.25, 0.3) is 15.9 Å². The first-order valence-electron chi connectivity index (χ1n) is 10.0. The first kappa shape index (κ1) is 19.9. The van der Waals surface area contributed by atoms with Crippen molar-refractivity contribution < 1.29 is 22.7 Å². The molecule has 0 spiro atoms. The van der Waals surface area contributed by atoms with Crippen molar-refractivity contribution in [2.24, 2.45) is 4.40 Å². The minimum atomic E-state index is -3.58. The second-order valence-corrected chi connectivity index (χ2v) is 9.68. The molecule has 1 saturated heterocycles. The molecule has 3 heterocycles. The van der Waals surface area contributed by atoms with Gasteiger partial charge < -0.3 is 14.4 Å². The lowest BCUT2D eigenvalue weighted by Gasteiger charge is -2.29. The first-order valence-corrected chi connectivity index (χ1v) is 11.9. The number of rotatable bonds is 1. The van der Waals surface area contributed by atoms with E-state index in [0.717, 1.165) is 43.3 Å². The Kier molecular flexibility index (Phi) is 5.38. The molecule has 1 aliphatic carbocycles. The Morgan fingerprint density at radius 3 is 2.59 bits per heavy atom. The Balaban J connectivity index is 1.72. The summed E-state index contributed by atoms with van der Waals surface area (Å²) in [6, 6.07) is 7.67. The quantitative estimate of drug-likeness (QED) is 0.700. The molecule has 29 heavy (non-hydrogen) atoms. The van der Waals surface area contributed by atoms with Crippen molar-refractivity contribution in [2.45, 2.75) is 57.1 Å². The lowest BCUT2D eigenvalue weighted by Crippen LogP contribution is -2.36. The number of hydrogen-bond acceptors (Lipinski definition) is 5. The SMILES string of the molecule is C[C@H]1CC(=N\S(C)(=O)=O)/C2=C/OC3CCC(CC3)c3ccccc3OCC(=O)N21. The van der Waals surface area contributed by atoms with Crippen LogP contribution in [0.25, 0.3) is 0 Å². The largest absolute Gasteiger partial charge is 0.496 e. The molecule has 8 heteroatoms. The van der Waals surface area contributed by atoms with Crippen molar-refractivity contribution in [3.8, 4) is 5.75 Å². The zero-order valence-corrected chi connectivity index (χ0v) is 17.5. The number of hydrogen-bond donors (Lipinski definition) is 0. The van der Waals surface area contributed by atoms with E-state index in [2.05, 4.69) is 10.5 Å². The molecule has 0 unspecified atom stereocenters. The van der Waals surface area contributed by atoms with Crippen LogP contribution in [0.15, 0.2) is 40.6 Å². The minimum Gasteiger partial charge on any atom is -0.496 e. The van der Waals surface area contributed by atoms with Gasteiger partial charge in [0.05, 0.1) is 18.1 Å². The molecule has 7 nitrogen and oxygen atoms in total. The highest BCUT2D eigenvalue weighted by molar-refractivity contribution is 7.89. The molecular formula is C21H26N2O5S. The molecule has 0 aromatic heterocycles. The summed E-state index contributed by atoms with van der Waals surface area (Å²) in [5.41, 5.74) is 1.92. The highest BCUT2D eigenvalue weighted by Crippen LogP contribution is 2.39. The second-order valence-electron chi connectivity index (χ2n) is 8.03. The van der Waals surface area contributed by atoms with Crippen molar-refractivity contribution >= 4 is 21.6 Å². The maximum Gasteiger partial charge on any atom is 0.265 e. The summed E-state index contributed by atoms with van der Waals surface area (Å²) >= 11 is 0. The predicted molar refractivity (Wildman–Crippen MR) is 109 cm³/mol. The first-order chi connectivity index (χ1) is 13.8. The highest BCUT2D eigenvalue weighted by atomic mass is 32.2. The number of para-hydroxylation sites is 1. The van der Waals surface area contributed by atoms with Crippen molar-refractivity contribution in [1.29, 1.82) is 0 Å². The van der Waals surface area contributed by atoms with E-state index in [9.17, 15) is 13.2 Å². The van der Waals surface area contributed by atoms with E-state index >= 15 is 0 Å². The molecule has 1 aromatic carbocycles. The normalized spacial score (nSPS) is 30.8. The van der Waals surface area contributed by atoms with Gasteiger partial charge in [0.1, 0.15) is 17.7 Å². The van der Waals surface area contributed by atoms with Gasteiger partial charge in [0.15, 0.2) is 6.61 Å². The predicted octanol–water partition coefficient (Wildman–Crippen LogP) is 2.98. The highest BCUT2D eigenvalue weighted by Gasteiger charge is 2.37. The summed E-state index contributed by atoms with van der Waals surface area (Å²) in [5, 5.41) is 0. The van der Waals surface area contributed by atoms with E-state index in [1.54, 1.807) is 4.90 Å². The van der Waals surface area contributed by atoms with Gasteiger partial charge in [-0.1, -0.05) is 18.2 Å². The summed E-state index contributed by atoms with van der Waals surface area (Å²) in [6.45, 7) is 1.75. The van der Waals surface area contributed by atoms with Crippen LogP contribution in [0.5, 0.6) is 5.75 Å². The van der Waals surface area contributed by atoms with E-state index in [1.165, 1.54) is 6.26 Å². The lowest BCUT2D eigenvalue weighted by atomic mass is 9.82. The van der Waals surface area contributed by atoms with Gasteiger partial charge >= 0.3 is 0 Å². The number of nitrogens with zero attached hydrogens (tertiary/aromatic N) is 2. The summed E-state index contributed by atoms with van der Waals surface area (Å²) in [6.07, 6.45) is 6.73. The van der Waals surface area contributed by atoms with Crippen molar-refractivity contribution in [3.63, 3.8) is 0 Å². The average molecular weight is 419 g/mol. The van der Waals surface area contributed by atoms with E-state index in [1.807, 2.05) is 25.1 Å². The number of carbonyl (C=O) groups is 1. The molecule has 5 rings (SSSR count). The fourth-order valence-electron chi connectivity index (χ4n) is 4.47. The maximum atomic E-state index is 13.0. The molecule has 4 aliphatic rings. The van der Waals surface area contributed by atoms with Crippen LogP contribution in [0, 0.1) is 0 Å². The van der Waals surface area contributed by atoms with Gasteiger partial charge in [-0.3, -0.25) is 4.79 Å². The summed E-state index contributed by atoms with van der Waals surface area (Å²) in [7, 11) is -3.58. The van der Waals surface area contributed by atoms with Crippen LogP contribution in [-0.4, -0.2) is 49.9 Å². The van der Waals surface area contributed by atoms with Crippen LogP contribution in [0.4, 0.5) is 0 Å². The Morgan fingerprint density at radius 2 is 1.86 bits per heavy atom. The van der Waals surface area contributed by atoms with Crippen LogP contribution in [0.2, 0.25) is 0 Å². The number of ether oxygens (including phenoxy) is 2. The third kappa shape index (κ3) is 4.32. The molecule has 0 N–H and O–H groups in total. The van der Waals surface area contributed by atoms with E-state index < -0.39 is 10.0 Å². The summed E-state index contributed by atoms with van der Waals surface area (Å²) in [4.78, 5) is 14.6. The maximum absolute atomic E-state index is 13.0. The zero-order chi connectivity index (χ0) is 20.6. The van der Waals surface area contributed by atoms with E-state index in [4.69, 9.17) is 9.47 Å². The van der Waals surface area contributed by atoms with Crippen molar-refractivity contribution in [3.05, 3.63) is 41.8 Å². The third-order valence-corrected chi connectivity index (χ3v) is 6.34. The number of amides is 1. The van der Waals surface area contributed by atoms with Crippen molar-refractivity contribution in [1.82, 2.24) is 4.90 Å². The van der Waals surface area contributed by atoms with Gasteiger partial charge in [0, 0.05) is 12.5 Å². The van der Waals surface area contributed by atoms with E-state index in [0.29, 0.717) is 23.7 Å². The molecule has 0 radical (unpaired) electrons. The Morgan fingerprint density at radius 1 is 1.14 bits per heavy atom. The standard InChI is InChI=1S/C21H26N2O5S/c1-14-11-18(22-29(2,25)26)19-12-27-16-9-7-15(8-10-16)17-5-3-4-6-20(17)28-13-21(24)23(14)19/h3-6,12,14-16H,7-11,13H2,1-2H3/b19-12-,22-18+/t14-,15?,16?/m0/s1. The fourth-order valence-corrected chi connectivity index (χ4v) is 5.04. The van der Waals surface area contributed by atoms with Crippen LogP contribution in [-0.2, 0) is 19.6 Å². The number of carbonyl (C=O) groups excluding carboxylic acids is 1. The number of allylic oxidation sites excluding steroid dienone is 1. The molecule has 1 aromatic rings. The topological polar surface area (TPSA) is 85.3 Å². The van der Waals surface area contributed by atoms with Gasteiger partial charge in [-0.05, 0) is 50.2 Å². The zero-order valence-electron chi connectivity index (χ0n) is 16.7. The minimum absolute atomic E-state index is 0.0416. The van der Waals surface area contributed by atoms with Crippen LogP contribution < -0.4 is 4.74 Å². The number of benzene rings is 1. The smallest absolute Gasteiger partial charge is 0.265 e. The second kappa shape index (κ2) is 7.82. The lowest BCUT2D eigenvalue weighted by molar-refractivity contribution is -0.132. The Hall–Kier alpha value is -2.35. The molecule has 3 aliphatic heterocycles. The molecule has 156 valence electrons. The summed E-state index contributed by atoms with van der Waals surface area (Å²) < 4.78 is 39.3. The number of sulfonamides is 1. The third-order valence-electron chi connectivity index (χ3n) is 5.79. The monoisotopic (exact) mass is 418 g/mol. The molecule has 2 fully saturated rings. The molecular weight excluding hydrogens is 392 g/mol. The van der Waals surface area contributed by atoms with Gasteiger partial charge in [-0.2, -0.15) is 4.40 Å². The molecule has 2 bridgehead atoms.